The Balaban J connectivity index is 1.87. The molecule has 0 fully saturated rings. The minimum absolute atomic E-state index is 0.00267. The highest BCUT2D eigenvalue weighted by Gasteiger charge is 2.19. The van der Waals surface area contributed by atoms with E-state index in [2.05, 4.69) is 5.32 Å². The van der Waals surface area contributed by atoms with E-state index in [1.54, 1.807) is 6.07 Å². The first-order valence-corrected chi connectivity index (χ1v) is 9.39. The molecule has 0 spiro atoms. The molecule has 2 aromatic carbocycles. The van der Waals surface area contributed by atoms with Crippen molar-refractivity contribution in [1.29, 1.82) is 5.26 Å². The molecular weight excluding hydrogens is 392 g/mol. The van der Waals surface area contributed by atoms with Gasteiger partial charge in [-0.05, 0) is 50.6 Å². The summed E-state index contributed by atoms with van der Waals surface area (Å²) in [6, 6.07) is 11.9. The minimum atomic E-state index is -1.05. The molecule has 1 atom stereocenters. The number of Topliss-reactive ketones (excluding diaryl/α,β-unsaturated/α-hetero) is 1. The molecule has 0 aliphatic carbocycles. The van der Waals surface area contributed by atoms with Gasteiger partial charge < -0.3 is 10.1 Å². The van der Waals surface area contributed by atoms with Gasteiger partial charge in [0.15, 0.2) is 11.9 Å². The van der Waals surface area contributed by atoms with Gasteiger partial charge in [-0.1, -0.05) is 29.3 Å². The SMILES string of the molecule is Cc1ccc(C)c(C(=O)CCC(=O)O[C@@H](C)C(=O)Nc2ccc(C#N)c(Cl)c2)c1. The van der Waals surface area contributed by atoms with Gasteiger partial charge in [0.25, 0.3) is 5.91 Å². The second-order valence-electron chi connectivity index (χ2n) is 6.67. The summed E-state index contributed by atoms with van der Waals surface area (Å²) < 4.78 is 5.11. The number of esters is 1. The average Bonchev–Trinajstić information content (AvgIpc) is 2.68. The third kappa shape index (κ3) is 6.16. The molecule has 0 aliphatic heterocycles. The van der Waals surface area contributed by atoms with Gasteiger partial charge in [-0.2, -0.15) is 5.26 Å². The number of benzene rings is 2. The number of carbonyl (C=O) groups excluding carboxylic acids is 3. The monoisotopic (exact) mass is 412 g/mol. The number of amides is 1. The summed E-state index contributed by atoms with van der Waals surface area (Å²) in [5.74, 6) is -1.32. The first kappa shape index (κ1) is 22.1. The standard InChI is InChI=1S/C22H21ClN2O4/c1-13-4-5-14(2)18(10-13)20(26)8-9-21(27)29-15(3)22(28)25-17-7-6-16(12-24)19(23)11-17/h4-7,10-11,15H,8-9H2,1-3H3,(H,25,28)/t15-/m0/s1. The van der Waals surface area contributed by atoms with Crippen LogP contribution in [0.25, 0.3) is 0 Å². The van der Waals surface area contributed by atoms with E-state index in [9.17, 15) is 14.4 Å². The molecule has 1 amide bonds. The highest BCUT2D eigenvalue weighted by atomic mass is 35.5. The smallest absolute Gasteiger partial charge is 0.307 e. The molecule has 1 N–H and O–H groups in total. The molecule has 0 unspecified atom stereocenters. The maximum Gasteiger partial charge on any atom is 0.307 e. The van der Waals surface area contributed by atoms with Gasteiger partial charge in [-0.3, -0.25) is 14.4 Å². The summed E-state index contributed by atoms with van der Waals surface area (Å²) >= 11 is 5.93. The van der Waals surface area contributed by atoms with E-state index in [0.717, 1.165) is 11.1 Å². The fourth-order valence-electron chi connectivity index (χ4n) is 2.62. The van der Waals surface area contributed by atoms with Crippen molar-refractivity contribution in [2.24, 2.45) is 0 Å². The fourth-order valence-corrected chi connectivity index (χ4v) is 2.85. The number of hydrogen-bond donors (Lipinski definition) is 1. The van der Waals surface area contributed by atoms with E-state index < -0.39 is 18.0 Å². The Morgan fingerprint density at radius 2 is 1.86 bits per heavy atom. The van der Waals surface area contributed by atoms with Crippen LogP contribution in [0, 0.1) is 25.2 Å². The van der Waals surface area contributed by atoms with Crippen molar-refractivity contribution in [3.63, 3.8) is 0 Å². The van der Waals surface area contributed by atoms with Crippen LogP contribution >= 0.6 is 11.6 Å². The van der Waals surface area contributed by atoms with Crippen molar-refractivity contribution in [1.82, 2.24) is 0 Å². The number of hydrogen-bond acceptors (Lipinski definition) is 5. The molecule has 0 saturated heterocycles. The van der Waals surface area contributed by atoms with Crippen LogP contribution in [0.1, 0.15) is 46.8 Å². The van der Waals surface area contributed by atoms with E-state index >= 15 is 0 Å². The Morgan fingerprint density at radius 1 is 1.14 bits per heavy atom. The second-order valence-corrected chi connectivity index (χ2v) is 7.08. The lowest BCUT2D eigenvalue weighted by atomic mass is 9.99. The minimum Gasteiger partial charge on any atom is -0.453 e. The van der Waals surface area contributed by atoms with E-state index in [1.165, 1.54) is 25.1 Å². The highest BCUT2D eigenvalue weighted by Crippen LogP contribution is 2.20. The van der Waals surface area contributed by atoms with Crippen molar-refractivity contribution in [2.45, 2.75) is 39.7 Å². The molecule has 0 radical (unpaired) electrons. The van der Waals surface area contributed by atoms with E-state index in [4.69, 9.17) is 21.6 Å². The summed E-state index contributed by atoms with van der Waals surface area (Å²) in [5, 5.41) is 11.6. The van der Waals surface area contributed by atoms with Gasteiger partial charge in [0.05, 0.1) is 17.0 Å². The number of halogens is 1. The number of aryl methyl sites for hydroxylation is 2. The zero-order chi connectivity index (χ0) is 21.6. The third-order valence-electron chi connectivity index (χ3n) is 4.28. The van der Waals surface area contributed by atoms with Gasteiger partial charge in [0.2, 0.25) is 0 Å². The summed E-state index contributed by atoms with van der Waals surface area (Å²) in [5.41, 5.74) is 3.07. The van der Waals surface area contributed by atoms with Crippen LogP contribution in [-0.2, 0) is 14.3 Å². The number of nitriles is 1. The maximum absolute atomic E-state index is 12.3. The van der Waals surface area contributed by atoms with E-state index in [-0.39, 0.29) is 29.2 Å². The van der Waals surface area contributed by atoms with Gasteiger partial charge >= 0.3 is 5.97 Å². The molecule has 2 aromatic rings. The molecule has 2 rings (SSSR count). The van der Waals surface area contributed by atoms with Crippen LogP contribution in [0.4, 0.5) is 5.69 Å². The summed E-state index contributed by atoms with van der Waals surface area (Å²) in [4.78, 5) is 36.6. The number of carbonyl (C=O) groups is 3. The molecule has 150 valence electrons. The Morgan fingerprint density at radius 3 is 2.52 bits per heavy atom. The number of nitrogens with one attached hydrogen (secondary N) is 1. The first-order chi connectivity index (χ1) is 13.7. The molecule has 6 nitrogen and oxygen atoms in total. The van der Waals surface area contributed by atoms with Crippen molar-refractivity contribution in [3.8, 4) is 6.07 Å². The lowest BCUT2D eigenvalue weighted by molar-refractivity contribution is -0.153. The zero-order valence-corrected chi connectivity index (χ0v) is 17.2. The Labute approximate surface area is 174 Å². The highest BCUT2D eigenvalue weighted by molar-refractivity contribution is 6.32. The maximum atomic E-state index is 12.3. The van der Waals surface area contributed by atoms with Crippen molar-refractivity contribution in [3.05, 3.63) is 63.7 Å². The Bertz CT molecular complexity index is 995. The summed E-state index contributed by atoms with van der Waals surface area (Å²) in [6.07, 6.45) is -1.16. The lowest BCUT2D eigenvalue weighted by Gasteiger charge is -2.14. The molecule has 0 bridgehead atoms. The zero-order valence-electron chi connectivity index (χ0n) is 16.4. The van der Waals surface area contributed by atoms with Crippen molar-refractivity contribution < 1.29 is 19.1 Å². The van der Waals surface area contributed by atoms with Crippen LogP contribution in [0.15, 0.2) is 36.4 Å². The first-order valence-electron chi connectivity index (χ1n) is 9.01. The van der Waals surface area contributed by atoms with Crippen LogP contribution in [0.2, 0.25) is 5.02 Å². The third-order valence-corrected chi connectivity index (χ3v) is 4.60. The van der Waals surface area contributed by atoms with Gasteiger partial charge in [-0.25, -0.2) is 0 Å². The largest absolute Gasteiger partial charge is 0.453 e. The normalized spacial score (nSPS) is 11.3. The van der Waals surface area contributed by atoms with Gasteiger partial charge in [0, 0.05) is 17.7 Å². The quantitative estimate of drug-likeness (QED) is 0.538. The lowest BCUT2D eigenvalue weighted by Crippen LogP contribution is -2.30. The van der Waals surface area contributed by atoms with Crippen LogP contribution < -0.4 is 5.32 Å². The van der Waals surface area contributed by atoms with E-state index in [0.29, 0.717) is 11.3 Å². The van der Waals surface area contributed by atoms with Crippen LogP contribution in [0.3, 0.4) is 0 Å². The number of ether oxygens (including phenoxy) is 1. The summed E-state index contributed by atoms with van der Waals surface area (Å²) in [7, 11) is 0. The topological polar surface area (TPSA) is 96.3 Å². The van der Waals surface area contributed by atoms with Crippen molar-refractivity contribution >= 4 is 34.9 Å². The van der Waals surface area contributed by atoms with Gasteiger partial charge in [-0.15, -0.1) is 0 Å². The molecule has 0 saturated carbocycles. The predicted molar refractivity (Wildman–Crippen MR) is 110 cm³/mol. The molecular formula is C22H21ClN2O4. The second kappa shape index (κ2) is 9.85. The predicted octanol–water partition coefficient (Wildman–Crippen LogP) is 4.36. The molecule has 0 aromatic heterocycles. The van der Waals surface area contributed by atoms with Crippen molar-refractivity contribution in [2.75, 3.05) is 5.32 Å². The Hall–Kier alpha value is -3.17. The molecule has 7 heteroatoms. The Kier molecular flexibility index (Phi) is 7.52. The number of rotatable bonds is 7. The van der Waals surface area contributed by atoms with Crippen LogP contribution in [0.5, 0.6) is 0 Å². The number of nitrogens with zero attached hydrogens (tertiary/aromatic N) is 1. The molecule has 0 heterocycles. The van der Waals surface area contributed by atoms with E-state index in [1.807, 2.05) is 32.0 Å². The number of anilines is 1. The average molecular weight is 413 g/mol. The fraction of sp³-hybridized carbons (Fsp3) is 0.273. The van der Waals surface area contributed by atoms with Crippen LogP contribution in [-0.4, -0.2) is 23.8 Å². The molecule has 0 aliphatic rings. The molecule has 29 heavy (non-hydrogen) atoms. The van der Waals surface area contributed by atoms with Gasteiger partial charge in [0.1, 0.15) is 6.07 Å². The summed E-state index contributed by atoms with van der Waals surface area (Å²) in [6.45, 7) is 5.17. The number of ketones is 1.